The summed E-state index contributed by atoms with van der Waals surface area (Å²) in [5, 5.41) is 14.1. The van der Waals surface area contributed by atoms with Crippen LogP contribution in [0.15, 0.2) is 54.6 Å². The minimum Gasteiger partial charge on any atom is -0.494 e. The molecule has 0 aliphatic heterocycles. The van der Waals surface area contributed by atoms with Crippen molar-refractivity contribution < 1.29 is 14.6 Å². The molecule has 3 aromatic rings. The lowest BCUT2D eigenvalue weighted by Crippen LogP contribution is -2.06. The van der Waals surface area contributed by atoms with Crippen LogP contribution in [0.2, 0.25) is 0 Å². The van der Waals surface area contributed by atoms with Crippen molar-refractivity contribution in [1.82, 2.24) is 9.78 Å². The van der Waals surface area contributed by atoms with Gasteiger partial charge in [-0.25, -0.2) is 0 Å². The van der Waals surface area contributed by atoms with Crippen molar-refractivity contribution in [3.8, 4) is 22.8 Å². The number of aliphatic hydroxyl groups excluding tert-OH is 1. The molecular weight excluding hydrogens is 328 g/mol. The first-order valence-electron chi connectivity index (χ1n) is 8.86. The second-order valence-corrected chi connectivity index (χ2v) is 5.84. The van der Waals surface area contributed by atoms with Gasteiger partial charge in [0.15, 0.2) is 0 Å². The first-order chi connectivity index (χ1) is 12.7. The van der Waals surface area contributed by atoms with Gasteiger partial charge in [0.2, 0.25) is 0 Å². The topological polar surface area (TPSA) is 56.5 Å². The van der Waals surface area contributed by atoms with E-state index in [4.69, 9.17) is 9.47 Å². The highest BCUT2D eigenvalue weighted by molar-refractivity contribution is 5.62. The van der Waals surface area contributed by atoms with Crippen LogP contribution in [0.25, 0.3) is 11.3 Å². The normalized spacial score (nSPS) is 10.7. The Balaban J connectivity index is 1.98. The molecule has 1 heterocycles. The van der Waals surface area contributed by atoms with Gasteiger partial charge < -0.3 is 14.6 Å². The summed E-state index contributed by atoms with van der Waals surface area (Å²) in [5.41, 5.74) is 3.61. The van der Waals surface area contributed by atoms with Gasteiger partial charge in [-0.05, 0) is 38.1 Å². The summed E-state index contributed by atoms with van der Waals surface area (Å²) in [6, 6.07) is 17.8. The third-order valence-electron chi connectivity index (χ3n) is 4.03. The molecule has 0 unspecified atom stereocenters. The van der Waals surface area contributed by atoms with Crippen molar-refractivity contribution in [2.45, 2.75) is 27.0 Å². The van der Waals surface area contributed by atoms with E-state index < -0.39 is 0 Å². The monoisotopic (exact) mass is 352 g/mol. The number of hydrogen-bond donors (Lipinski definition) is 1. The number of aromatic nitrogens is 2. The summed E-state index contributed by atoms with van der Waals surface area (Å²) in [5.74, 6) is 1.67. The standard InChI is InChI=1S/C21H24N2O3/c1-3-25-19-10-7-9-16(12-19)20-13-18(15-24)22-23(20)14-17-8-5-6-11-21(17)26-4-2/h5-13,24H,3-4,14-15H2,1-2H3. The Labute approximate surface area is 153 Å². The molecule has 0 fully saturated rings. The molecule has 0 bridgehead atoms. The van der Waals surface area contributed by atoms with E-state index in [1.807, 2.05) is 73.1 Å². The van der Waals surface area contributed by atoms with Crippen LogP contribution in [-0.4, -0.2) is 28.1 Å². The number of para-hydroxylation sites is 1. The summed E-state index contributed by atoms with van der Waals surface area (Å²) in [6.07, 6.45) is 0. The minimum absolute atomic E-state index is 0.0990. The zero-order valence-corrected chi connectivity index (χ0v) is 15.2. The highest BCUT2D eigenvalue weighted by Gasteiger charge is 2.13. The van der Waals surface area contributed by atoms with Gasteiger partial charge in [-0.2, -0.15) is 5.10 Å². The van der Waals surface area contributed by atoms with E-state index in [9.17, 15) is 5.11 Å². The fraction of sp³-hybridized carbons (Fsp3) is 0.286. The second-order valence-electron chi connectivity index (χ2n) is 5.84. The molecule has 0 atom stereocenters. The van der Waals surface area contributed by atoms with Crippen LogP contribution in [0.5, 0.6) is 11.5 Å². The lowest BCUT2D eigenvalue weighted by Gasteiger charge is -2.13. The maximum absolute atomic E-state index is 9.54. The molecule has 0 saturated heterocycles. The van der Waals surface area contributed by atoms with Crippen molar-refractivity contribution in [3.05, 3.63) is 65.9 Å². The summed E-state index contributed by atoms with van der Waals surface area (Å²) < 4.78 is 13.2. The number of nitrogens with zero attached hydrogens (tertiary/aromatic N) is 2. The van der Waals surface area contributed by atoms with E-state index >= 15 is 0 Å². The number of ether oxygens (including phenoxy) is 2. The molecule has 0 saturated carbocycles. The van der Waals surface area contributed by atoms with Gasteiger partial charge in [0.05, 0.1) is 37.8 Å². The molecule has 0 amide bonds. The molecule has 0 aliphatic rings. The third-order valence-corrected chi connectivity index (χ3v) is 4.03. The summed E-state index contributed by atoms with van der Waals surface area (Å²) in [7, 11) is 0. The number of hydrogen-bond acceptors (Lipinski definition) is 4. The van der Waals surface area contributed by atoms with E-state index in [2.05, 4.69) is 5.10 Å². The maximum Gasteiger partial charge on any atom is 0.124 e. The number of aliphatic hydroxyl groups is 1. The molecule has 3 rings (SSSR count). The molecular formula is C21H24N2O3. The first kappa shape index (κ1) is 18.0. The summed E-state index contributed by atoms with van der Waals surface area (Å²) in [6.45, 7) is 5.63. The zero-order chi connectivity index (χ0) is 18.4. The fourth-order valence-corrected chi connectivity index (χ4v) is 2.90. The van der Waals surface area contributed by atoms with Crippen LogP contribution in [0, 0.1) is 0 Å². The Morgan fingerprint density at radius 1 is 0.962 bits per heavy atom. The quantitative estimate of drug-likeness (QED) is 0.668. The molecule has 1 N–H and O–H groups in total. The predicted molar refractivity (Wildman–Crippen MR) is 101 cm³/mol. The molecule has 0 radical (unpaired) electrons. The molecule has 1 aromatic heterocycles. The zero-order valence-electron chi connectivity index (χ0n) is 15.2. The molecule has 0 spiro atoms. The van der Waals surface area contributed by atoms with E-state index in [0.717, 1.165) is 28.3 Å². The molecule has 5 heteroatoms. The predicted octanol–water partition coefficient (Wildman–Crippen LogP) is 3.89. The highest BCUT2D eigenvalue weighted by atomic mass is 16.5. The van der Waals surface area contributed by atoms with Crippen LogP contribution < -0.4 is 9.47 Å². The van der Waals surface area contributed by atoms with Crippen molar-refractivity contribution in [1.29, 1.82) is 0 Å². The van der Waals surface area contributed by atoms with Crippen molar-refractivity contribution >= 4 is 0 Å². The van der Waals surface area contributed by atoms with Gasteiger partial charge in [-0.1, -0.05) is 30.3 Å². The summed E-state index contributed by atoms with van der Waals surface area (Å²) in [4.78, 5) is 0. The largest absolute Gasteiger partial charge is 0.494 e. The average Bonchev–Trinajstić information content (AvgIpc) is 3.07. The molecule has 136 valence electrons. The van der Waals surface area contributed by atoms with E-state index in [0.29, 0.717) is 25.5 Å². The third kappa shape index (κ3) is 4.06. The fourth-order valence-electron chi connectivity index (χ4n) is 2.90. The summed E-state index contributed by atoms with van der Waals surface area (Å²) >= 11 is 0. The van der Waals surface area contributed by atoms with Gasteiger partial charge >= 0.3 is 0 Å². The van der Waals surface area contributed by atoms with Gasteiger partial charge in [-0.15, -0.1) is 0 Å². The van der Waals surface area contributed by atoms with E-state index in [1.165, 1.54) is 0 Å². The Kier molecular flexibility index (Phi) is 5.92. The van der Waals surface area contributed by atoms with Crippen LogP contribution in [0.3, 0.4) is 0 Å². The van der Waals surface area contributed by atoms with Gasteiger partial charge in [0, 0.05) is 11.1 Å². The Morgan fingerprint density at radius 2 is 1.77 bits per heavy atom. The lowest BCUT2D eigenvalue weighted by molar-refractivity contribution is 0.275. The molecule has 2 aromatic carbocycles. The van der Waals surface area contributed by atoms with Crippen LogP contribution in [0.4, 0.5) is 0 Å². The van der Waals surface area contributed by atoms with Crippen molar-refractivity contribution in [2.24, 2.45) is 0 Å². The van der Waals surface area contributed by atoms with Crippen LogP contribution >= 0.6 is 0 Å². The SMILES string of the molecule is CCOc1cccc(-c2cc(CO)nn2Cc2ccccc2OCC)c1. The Hall–Kier alpha value is -2.79. The number of benzene rings is 2. The van der Waals surface area contributed by atoms with Gasteiger partial charge in [0.25, 0.3) is 0 Å². The second kappa shape index (κ2) is 8.54. The molecule has 0 aliphatic carbocycles. The Morgan fingerprint density at radius 3 is 2.54 bits per heavy atom. The minimum atomic E-state index is -0.0990. The van der Waals surface area contributed by atoms with Crippen LogP contribution in [-0.2, 0) is 13.2 Å². The Bertz CT molecular complexity index is 858. The van der Waals surface area contributed by atoms with E-state index in [1.54, 1.807) is 0 Å². The molecule has 26 heavy (non-hydrogen) atoms. The number of rotatable bonds is 8. The lowest BCUT2D eigenvalue weighted by atomic mass is 10.1. The van der Waals surface area contributed by atoms with Gasteiger partial charge in [0.1, 0.15) is 11.5 Å². The first-order valence-corrected chi connectivity index (χ1v) is 8.86. The molecule has 5 nitrogen and oxygen atoms in total. The maximum atomic E-state index is 9.54. The smallest absolute Gasteiger partial charge is 0.124 e. The van der Waals surface area contributed by atoms with Crippen molar-refractivity contribution in [2.75, 3.05) is 13.2 Å². The van der Waals surface area contributed by atoms with Gasteiger partial charge in [-0.3, -0.25) is 4.68 Å². The van der Waals surface area contributed by atoms with Crippen molar-refractivity contribution in [3.63, 3.8) is 0 Å². The van der Waals surface area contributed by atoms with E-state index in [-0.39, 0.29) is 6.61 Å². The highest BCUT2D eigenvalue weighted by Crippen LogP contribution is 2.27. The average molecular weight is 352 g/mol. The van der Waals surface area contributed by atoms with Crippen LogP contribution in [0.1, 0.15) is 25.1 Å².